The zero-order chi connectivity index (χ0) is 40.2. The topological polar surface area (TPSA) is 163 Å². The molecule has 7 heterocycles. The van der Waals surface area contributed by atoms with Crippen LogP contribution in [0, 0.1) is 34.8 Å². The molecule has 2 aromatic carbocycles. The van der Waals surface area contributed by atoms with Crippen molar-refractivity contribution in [2.45, 2.75) is 87.8 Å². The summed E-state index contributed by atoms with van der Waals surface area (Å²) < 4.78 is 60.5. The molecule has 12 nitrogen and oxygen atoms in total. The van der Waals surface area contributed by atoms with Crippen molar-refractivity contribution in [3.05, 3.63) is 34.4 Å². The van der Waals surface area contributed by atoms with Crippen LogP contribution in [0.1, 0.15) is 57.4 Å². The molecule has 4 saturated heterocycles. The first kappa shape index (κ1) is 38.1. The van der Waals surface area contributed by atoms with E-state index in [0.29, 0.717) is 38.5 Å². The van der Waals surface area contributed by atoms with Gasteiger partial charge in [-0.05, 0) is 75.5 Å². The van der Waals surface area contributed by atoms with Crippen molar-refractivity contribution in [2.24, 2.45) is 11.8 Å². The van der Waals surface area contributed by atoms with Gasteiger partial charge in [0.05, 0.1) is 38.4 Å². The maximum atomic E-state index is 17.6. The number of nitrogens with one attached hydrogen (secondary N) is 1. The second-order valence-corrected chi connectivity index (χ2v) is 18.5. The number of carbonyl (C=O) groups excluding carboxylic acids is 1. The van der Waals surface area contributed by atoms with E-state index in [1.54, 1.807) is 6.92 Å². The summed E-state index contributed by atoms with van der Waals surface area (Å²) in [6, 6.07) is 3.85. The summed E-state index contributed by atoms with van der Waals surface area (Å²) in [6.45, 7) is 4.23. The third-order valence-corrected chi connectivity index (χ3v) is 14.7. The number of benzene rings is 2. The molecule has 5 aliphatic heterocycles. The number of aliphatic hydroxyl groups excluding tert-OH is 1. The van der Waals surface area contributed by atoms with Gasteiger partial charge in [-0.1, -0.05) is 17.7 Å². The first-order valence-electron chi connectivity index (χ1n) is 20.2. The van der Waals surface area contributed by atoms with Gasteiger partial charge in [-0.3, -0.25) is 15.0 Å². The number of aromatic nitrogens is 2. The Bertz CT molecular complexity index is 2390. The Morgan fingerprint density at radius 1 is 1.22 bits per heavy atom. The number of thiophene rings is 1. The van der Waals surface area contributed by atoms with Crippen molar-refractivity contribution in [3.8, 4) is 29.0 Å². The minimum Gasteiger partial charge on any atom is -0.489 e. The number of ether oxygens (including phenoxy) is 2. The quantitative estimate of drug-likeness (QED) is 0.175. The van der Waals surface area contributed by atoms with Gasteiger partial charge in [-0.25, -0.2) is 13.2 Å². The number of fused-ring (bicyclic) bond motifs is 2. The highest BCUT2D eigenvalue weighted by Gasteiger charge is 2.53. The average molecular weight is 837 g/mol. The molecule has 10 rings (SSSR count). The van der Waals surface area contributed by atoms with Gasteiger partial charge in [0.15, 0.2) is 11.6 Å². The number of nitrogens with zero attached hydrogens (tertiary/aromatic N) is 6. The minimum absolute atomic E-state index is 0.00627. The van der Waals surface area contributed by atoms with Crippen molar-refractivity contribution < 1.29 is 32.5 Å². The second kappa shape index (κ2) is 14.3. The number of amides is 1. The summed E-state index contributed by atoms with van der Waals surface area (Å²) in [5.41, 5.74) is 5.37. The molecule has 7 atom stereocenters. The van der Waals surface area contributed by atoms with Gasteiger partial charge in [-0.2, -0.15) is 15.2 Å². The minimum atomic E-state index is -0.996. The first-order chi connectivity index (χ1) is 28.0. The monoisotopic (exact) mass is 836 g/mol. The number of hydrogen-bond acceptors (Lipinski definition) is 12. The van der Waals surface area contributed by atoms with E-state index in [2.05, 4.69) is 15.2 Å². The highest BCUT2D eigenvalue weighted by Crippen LogP contribution is 2.52. The lowest BCUT2D eigenvalue weighted by molar-refractivity contribution is -0.132. The Labute approximate surface area is 342 Å². The van der Waals surface area contributed by atoms with Crippen LogP contribution in [0.3, 0.4) is 0 Å². The van der Waals surface area contributed by atoms with E-state index in [9.17, 15) is 19.6 Å². The van der Waals surface area contributed by atoms with Crippen LogP contribution in [0.15, 0.2) is 12.1 Å². The fraction of sp³-hybridized carbons (Fsp3) is 0.561. The molecule has 4 aromatic rings. The molecule has 0 radical (unpaired) electrons. The molecule has 1 saturated carbocycles. The Balaban J connectivity index is 1.10. The fourth-order valence-electron chi connectivity index (χ4n) is 10.2. The number of hydrogen-bond donors (Lipinski definition) is 3. The predicted octanol–water partition coefficient (Wildman–Crippen LogP) is 5.79. The number of nitriles is 1. The standard InChI is InChI=1S/C41H44ClF3N8O4S/c1-19(54)26-17-56-35-29-33(31(45)28(30(35)42)23-7-8-25(44)36-27(23)24(13-46)37(47)58-36)49-40(57-18-41-9-3-11-52(41)16-22(43)12-41)50-38(29)53(26)15-20-4-2-10-51(14-20)39(55)34-32(48-34)21-5-6-21/h7-8,19-22,26,32,34,48,54H,2-6,9-12,14-18,47H2,1H3/t19?,20?,22-,26?,32+,34-,41+/m1/s1. The predicted molar refractivity (Wildman–Crippen MR) is 214 cm³/mol. The summed E-state index contributed by atoms with van der Waals surface area (Å²) in [4.78, 5) is 29.1. The molecule has 6 aliphatic rings. The molecular formula is C41H44ClF3N8O4S. The van der Waals surface area contributed by atoms with E-state index >= 15 is 8.78 Å². The summed E-state index contributed by atoms with van der Waals surface area (Å²) >= 11 is 8.06. The molecule has 3 unspecified atom stereocenters. The summed E-state index contributed by atoms with van der Waals surface area (Å²) in [5, 5.41) is 25.0. The largest absolute Gasteiger partial charge is 0.489 e. The maximum Gasteiger partial charge on any atom is 0.319 e. The Hall–Kier alpha value is -4.14. The zero-order valence-electron chi connectivity index (χ0n) is 31.9. The summed E-state index contributed by atoms with van der Waals surface area (Å²) in [6.07, 6.45) is 3.89. The lowest BCUT2D eigenvalue weighted by Gasteiger charge is -2.39. The van der Waals surface area contributed by atoms with Gasteiger partial charge in [0.1, 0.15) is 53.6 Å². The van der Waals surface area contributed by atoms with Crippen LogP contribution < -0.4 is 25.4 Å². The molecule has 58 heavy (non-hydrogen) atoms. The second-order valence-electron chi connectivity index (χ2n) is 17.1. The number of nitrogen functional groups attached to an aromatic ring is 1. The van der Waals surface area contributed by atoms with E-state index in [0.717, 1.165) is 56.4 Å². The van der Waals surface area contributed by atoms with Crippen molar-refractivity contribution in [1.82, 2.24) is 25.1 Å². The van der Waals surface area contributed by atoms with Gasteiger partial charge in [0.25, 0.3) is 0 Å². The van der Waals surface area contributed by atoms with E-state index in [-0.39, 0.29) is 102 Å². The van der Waals surface area contributed by atoms with Gasteiger partial charge >= 0.3 is 6.01 Å². The lowest BCUT2D eigenvalue weighted by Crippen LogP contribution is -2.51. The third kappa shape index (κ3) is 6.22. The van der Waals surface area contributed by atoms with Gasteiger partial charge in [-0.15, -0.1) is 11.3 Å². The molecule has 0 spiro atoms. The van der Waals surface area contributed by atoms with Crippen LogP contribution in [0.4, 0.5) is 24.0 Å². The van der Waals surface area contributed by atoms with Crippen LogP contribution in [-0.2, 0) is 4.79 Å². The highest BCUT2D eigenvalue weighted by molar-refractivity contribution is 7.23. The molecule has 1 amide bonds. The Morgan fingerprint density at radius 2 is 2.05 bits per heavy atom. The van der Waals surface area contributed by atoms with E-state index in [1.807, 2.05) is 15.9 Å². The van der Waals surface area contributed by atoms with Crippen molar-refractivity contribution >= 4 is 60.7 Å². The summed E-state index contributed by atoms with van der Waals surface area (Å²) in [7, 11) is 0. The van der Waals surface area contributed by atoms with Gasteiger partial charge in [0.2, 0.25) is 5.91 Å². The van der Waals surface area contributed by atoms with Crippen molar-refractivity contribution in [2.75, 3.05) is 56.6 Å². The maximum absolute atomic E-state index is 17.6. The number of piperidine rings is 1. The van der Waals surface area contributed by atoms with Crippen LogP contribution in [0.2, 0.25) is 5.02 Å². The van der Waals surface area contributed by atoms with Gasteiger partial charge in [0, 0.05) is 49.6 Å². The molecular weight excluding hydrogens is 793 g/mol. The third-order valence-electron chi connectivity index (χ3n) is 13.3. The number of anilines is 2. The lowest BCUT2D eigenvalue weighted by atomic mass is 9.95. The van der Waals surface area contributed by atoms with Crippen molar-refractivity contribution in [3.63, 3.8) is 0 Å². The Morgan fingerprint density at radius 3 is 2.83 bits per heavy atom. The van der Waals surface area contributed by atoms with Crippen LogP contribution >= 0.6 is 22.9 Å². The van der Waals surface area contributed by atoms with E-state index in [4.69, 9.17) is 31.8 Å². The SMILES string of the molecule is CC(O)C1COc2c(Cl)c(-c3ccc(F)c4sc(N)c(C#N)c34)c(F)c3nc(OC[C@@]45CCCN4C[C@H](F)C5)nc(c23)N1CC1CCCN(C(=O)[C@@H]2N[C@H]2C2CC2)C1. The Kier molecular flexibility index (Phi) is 9.36. The van der Waals surface area contributed by atoms with Crippen molar-refractivity contribution in [1.29, 1.82) is 5.26 Å². The fourth-order valence-corrected chi connectivity index (χ4v) is 11.5. The normalized spacial score (nSPS) is 28.7. The first-order valence-corrected chi connectivity index (χ1v) is 21.4. The van der Waals surface area contributed by atoms with Crippen LogP contribution in [0.5, 0.6) is 11.8 Å². The highest BCUT2D eigenvalue weighted by atomic mass is 35.5. The molecule has 2 aromatic heterocycles. The van der Waals surface area contributed by atoms with Crippen LogP contribution in [0.25, 0.3) is 32.1 Å². The number of likely N-dealkylation sites (tertiary alicyclic amines) is 1. The average Bonchev–Trinajstić information content (AvgIpc) is 4.11. The number of nitrogens with two attached hydrogens (primary N) is 1. The molecule has 1 aliphatic carbocycles. The number of carbonyl (C=O) groups is 1. The number of aliphatic hydroxyl groups is 1. The molecule has 0 bridgehead atoms. The zero-order valence-corrected chi connectivity index (χ0v) is 33.5. The summed E-state index contributed by atoms with van der Waals surface area (Å²) in [5.74, 6) is -0.531. The number of halogens is 4. The molecule has 4 N–H and O–H groups in total. The van der Waals surface area contributed by atoms with E-state index in [1.165, 1.54) is 12.1 Å². The number of rotatable bonds is 9. The molecule has 5 fully saturated rings. The van der Waals surface area contributed by atoms with Crippen LogP contribution in [-0.4, -0.2) is 113 Å². The van der Waals surface area contributed by atoms with E-state index < -0.39 is 35.5 Å². The molecule has 17 heteroatoms. The smallest absolute Gasteiger partial charge is 0.319 e. The van der Waals surface area contributed by atoms with Gasteiger partial charge < -0.3 is 30.1 Å². The number of alkyl halides is 1. The molecule has 306 valence electrons.